The van der Waals surface area contributed by atoms with Gasteiger partial charge in [-0.25, -0.2) is 4.39 Å². The van der Waals surface area contributed by atoms with Crippen molar-refractivity contribution in [2.24, 2.45) is 0 Å². The highest BCUT2D eigenvalue weighted by Crippen LogP contribution is 2.23. The summed E-state index contributed by atoms with van der Waals surface area (Å²) >= 11 is 3.49. The fourth-order valence-corrected chi connectivity index (χ4v) is 2.89. The predicted molar refractivity (Wildman–Crippen MR) is 72.9 cm³/mol. The normalized spacial score (nSPS) is 20.9. The van der Waals surface area contributed by atoms with Gasteiger partial charge < -0.3 is 0 Å². The third-order valence-electron chi connectivity index (χ3n) is 3.47. The molecular formula is C14H19BrFN. The van der Waals surface area contributed by atoms with Crippen LogP contribution in [0, 0.1) is 5.82 Å². The minimum Gasteiger partial charge on any atom is -0.296 e. The molecule has 17 heavy (non-hydrogen) atoms. The molecule has 0 aliphatic carbocycles. The molecule has 0 saturated carbocycles. The van der Waals surface area contributed by atoms with Crippen LogP contribution in [0.2, 0.25) is 0 Å². The van der Waals surface area contributed by atoms with E-state index in [9.17, 15) is 4.39 Å². The second-order valence-electron chi connectivity index (χ2n) is 4.72. The van der Waals surface area contributed by atoms with Gasteiger partial charge in [-0.15, -0.1) is 0 Å². The van der Waals surface area contributed by atoms with E-state index in [0.717, 1.165) is 17.9 Å². The molecule has 1 unspecified atom stereocenters. The molecule has 0 amide bonds. The van der Waals surface area contributed by atoms with E-state index < -0.39 is 0 Å². The fourth-order valence-electron chi connectivity index (χ4n) is 2.57. The summed E-state index contributed by atoms with van der Waals surface area (Å²) in [6.45, 7) is 2.15. The van der Waals surface area contributed by atoms with Gasteiger partial charge in [-0.2, -0.15) is 0 Å². The highest BCUT2D eigenvalue weighted by molar-refractivity contribution is 9.09. The number of hydrogen-bond acceptors (Lipinski definition) is 1. The molecule has 0 radical (unpaired) electrons. The second kappa shape index (κ2) is 6.50. The molecule has 1 aromatic rings. The molecule has 1 fully saturated rings. The van der Waals surface area contributed by atoms with Crippen LogP contribution in [0.1, 0.15) is 31.2 Å². The molecule has 1 atom stereocenters. The Bertz CT molecular complexity index is 339. The van der Waals surface area contributed by atoms with E-state index >= 15 is 0 Å². The molecule has 1 saturated heterocycles. The van der Waals surface area contributed by atoms with Crippen molar-refractivity contribution in [3.05, 3.63) is 35.6 Å². The first-order valence-corrected chi connectivity index (χ1v) is 7.46. The number of benzene rings is 1. The lowest BCUT2D eigenvalue weighted by molar-refractivity contribution is 0.234. The lowest BCUT2D eigenvalue weighted by Gasteiger charge is -2.24. The van der Waals surface area contributed by atoms with Crippen LogP contribution in [0.25, 0.3) is 0 Å². The number of likely N-dealkylation sites (tertiary alicyclic amines) is 1. The summed E-state index contributed by atoms with van der Waals surface area (Å²) in [7, 11) is 0. The Labute approximate surface area is 111 Å². The highest BCUT2D eigenvalue weighted by atomic mass is 79.9. The van der Waals surface area contributed by atoms with Crippen LogP contribution in [-0.4, -0.2) is 22.8 Å². The van der Waals surface area contributed by atoms with Gasteiger partial charge in [-0.1, -0.05) is 28.1 Å². The SMILES string of the molecule is Fc1ccc(CN2CCCC2CCCBr)cc1. The van der Waals surface area contributed by atoms with E-state index in [1.807, 2.05) is 12.1 Å². The molecule has 2 rings (SSSR count). The zero-order chi connectivity index (χ0) is 12.1. The Balaban J connectivity index is 1.90. The van der Waals surface area contributed by atoms with E-state index in [-0.39, 0.29) is 5.82 Å². The average Bonchev–Trinajstić information content (AvgIpc) is 2.77. The number of rotatable bonds is 5. The van der Waals surface area contributed by atoms with Crippen LogP contribution in [0.15, 0.2) is 24.3 Å². The average molecular weight is 300 g/mol. The van der Waals surface area contributed by atoms with Crippen molar-refractivity contribution in [2.45, 2.75) is 38.3 Å². The van der Waals surface area contributed by atoms with Gasteiger partial charge in [0, 0.05) is 17.9 Å². The molecule has 0 spiro atoms. The maximum atomic E-state index is 12.8. The van der Waals surface area contributed by atoms with E-state index in [2.05, 4.69) is 20.8 Å². The minimum absolute atomic E-state index is 0.147. The molecule has 1 aliphatic rings. The van der Waals surface area contributed by atoms with Gasteiger partial charge in [0.2, 0.25) is 0 Å². The maximum Gasteiger partial charge on any atom is 0.123 e. The first-order valence-electron chi connectivity index (χ1n) is 6.34. The van der Waals surface area contributed by atoms with Crippen LogP contribution in [0.4, 0.5) is 4.39 Å². The van der Waals surface area contributed by atoms with Crippen LogP contribution < -0.4 is 0 Å². The lowest BCUT2D eigenvalue weighted by atomic mass is 10.1. The zero-order valence-electron chi connectivity index (χ0n) is 10.0. The van der Waals surface area contributed by atoms with Gasteiger partial charge in [-0.3, -0.25) is 4.90 Å². The Morgan fingerprint density at radius 1 is 1.29 bits per heavy atom. The summed E-state index contributed by atoms with van der Waals surface area (Å²) < 4.78 is 12.8. The molecule has 0 N–H and O–H groups in total. The number of halogens is 2. The van der Waals surface area contributed by atoms with Crippen molar-refractivity contribution in [3.63, 3.8) is 0 Å². The van der Waals surface area contributed by atoms with Crippen molar-refractivity contribution in [1.29, 1.82) is 0 Å². The van der Waals surface area contributed by atoms with Gasteiger partial charge in [0.25, 0.3) is 0 Å². The second-order valence-corrected chi connectivity index (χ2v) is 5.52. The molecule has 1 aromatic carbocycles. The summed E-state index contributed by atoms with van der Waals surface area (Å²) in [6, 6.07) is 7.62. The summed E-state index contributed by atoms with van der Waals surface area (Å²) in [5.74, 6) is -0.147. The van der Waals surface area contributed by atoms with E-state index in [1.165, 1.54) is 37.8 Å². The molecule has 1 heterocycles. The number of nitrogens with zero attached hydrogens (tertiary/aromatic N) is 1. The van der Waals surface area contributed by atoms with Gasteiger partial charge in [0.05, 0.1) is 0 Å². The standard InChI is InChI=1S/C14H19BrFN/c15-9-1-3-14-4-2-10-17(14)11-12-5-7-13(16)8-6-12/h5-8,14H,1-4,9-11H2. The van der Waals surface area contributed by atoms with Gasteiger partial charge in [-0.05, 0) is 49.9 Å². The topological polar surface area (TPSA) is 3.24 Å². The molecule has 0 bridgehead atoms. The molecule has 94 valence electrons. The van der Waals surface area contributed by atoms with Crippen molar-refractivity contribution in [1.82, 2.24) is 4.90 Å². The fraction of sp³-hybridized carbons (Fsp3) is 0.571. The summed E-state index contributed by atoms with van der Waals surface area (Å²) in [6.07, 6.45) is 5.12. The molecule has 1 nitrogen and oxygen atoms in total. The Hall–Kier alpha value is -0.410. The molecule has 0 aromatic heterocycles. The van der Waals surface area contributed by atoms with Crippen molar-refractivity contribution in [2.75, 3.05) is 11.9 Å². The highest BCUT2D eigenvalue weighted by Gasteiger charge is 2.23. The Morgan fingerprint density at radius 3 is 2.76 bits per heavy atom. The Morgan fingerprint density at radius 2 is 2.06 bits per heavy atom. The lowest BCUT2D eigenvalue weighted by Crippen LogP contribution is -2.28. The van der Waals surface area contributed by atoms with Crippen LogP contribution in [0.3, 0.4) is 0 Å². The molecule has 1 aliphatic heterocycles. The van der Waals surface area contributed by atoms with Crippen molar-refractivity contribution < 1.29 is 4.39 Å². The molecular weight excluding hydrogens is 281 g/mol. The predicted octanol–water partition coefficient (Wildman–Crippen LogP) is 3.97. The quantitative estimate of drug-likeness (QED) is 0.744. The van der Waals surface area contributed by atoms with E-state index in [1.54, 1.807) is 12.1 Å². The van der Waals surface area contributed by atoms with Crippen molar-refractivity contribution >= 4 is 15.9 Å². The number of alkyl halides is 1. The van der Waals surface area contributed by atoms with Crippen molar-refractivity contribution in [3.8, 4) is 0 Å². The largest absolute Gasteiger partial charge is 0.296 e. The monoisotopic (exact) mass is 299 g/mol. The summed E-state index contributed by atoms with van der Waals surface area (Å²) in [5.41, 5.74) is 1.22. The third-order valence-corrected chi connectivity index (χ3v) is 4.03. The summed E-state index contributed by atoms with van der Waals surface area (Å²) in [5, 5.41) is 1.09. The maximum absolute atomic E-state index is 12.8. The van der Waals surface area contributed by atoms with E-state index in [4.69, 9.17) is 0 Å². The van der Waals surface area contributed by atoms with E-state index in [0.29, 0.717) is 0 Å². The first-order chi connectivity index (χ1) is 8.29. The van der Waals surface area contributed by atoms with Crippen LogP contribution >= 0.6 is 15.9 Å². The smallest absolute Gasteiger partial charge is 0.123 e. The van der Waals surface area contributed by atoms with Gasteiger partial charge >= 0.3 is 0 Å². The zero-order valence-corrected chi connectivity index (χ0v) is 11.6. The first kappa shape index (κ1) is 13.0. The third kappa shape index (κ3) is 3.78. The summed E-state index contributed by atoms with van der Waals surface area (Å²) in [4.78, 5) is 2.54. The van der Waals surface area contributed by atoms with Crippen LogP contribution in [-0.2, 0) is 6.54 Å². The van der Waals surface area contributed by atoms with Crippen LogP contribution in [0.5, 0.6) is 0 Å². The minimum atomic E-state index is -0.147. The molecule has 3 heteroatoms. The van der Waals surface area contributed by atoms with Gasteiger partial charge in [0.15, 0.2) is 0 Å². The Kier molecular flexibility index (Phi) is 4.99. The number of hydrogen-bond donors (Lipinski definition) is 0. The van der Waals surface area contributed by atoms with Gasteiger partial charge in [0.1, 0.15) is 5.82 Å².